The molecule has 1 atom stereocenters. The number of aryl methyl sites for hydroxylation is 1. The Bertz CT molecular complexity index is 1320. The Balaban J connectivity index is 1.03. The van der Waals surface area contributed by atoms with Gasteiger partial charge in [-0.15, -0.1) is 0 Å². The smallest absolute Gasteiger partial charge is 0.416 e. The van der Waals surface area contributed by atoms with E-state index in [0.717, 1.165) is 79.9 Å². The topological polar surface area (TPSA) is 68.2 Å². The molecule has 43 heavy (non-hydrogen) atoms. The predicted octanol–water partition coefficient (Wildman–Crippen LogP) is 7.03. The van der Waals surface area contributed by atoms with Gasteiger partial charge in [0.25, 0.3) is 0 Å². The summed E-state index contributed by atoms with van der Waals surface area (Å²) in [6.45, 7) is 4.12. The number of aliphatic carboxylic acids is 1. The van der Waals surface area contributed by atoms with Crippen molar-refractivity contribution in [2.75, 3.05) is 19.7 Å². The SMILES string of the molecule is O=C(O)CCc1ccc(OCc2ccc(CN3CCC4(CC3)CC(OCc3ccc(C(F)(F)F)cc3)CCO4)cc2)cc1. The van der Waals surface area contributed by atoms with E-state index in [1.54, 1.807) is 0 Å². The summed E-state index contributed by atoms with van der Waals surface area (Å²) in [7, 11) is 0. The summed E-state index contributed by atoms with van der Waals surface area (Å²) in [5, 5.41) is 8.82. The number of piperidine rings is 1. The normalized spacial score (nSPS) is 18.9. The molecule has 1 spiro atoms. The van der Waals surface area contributed by atoms with Gasteiger partial charge in [0.2, 0.25) is 0 Å². The number of ether oxygens (including phenoxy) is 3. The van der Waals surface area contributed by atoms with E-state index in [-0.39, 0.29) is 18.1 Å². The Morgan fingerprint density at radius 3 is 2.14 bits per heavy atom. The fraction of sp³-hybridized carbons (Fsp3) is 0.441. The van der Waals surface area contributed by atoms with Gasteiger partial charge < -0.3 is 19.3 Å². The molecule has 0 radical (unpaired) electrons. The zero-order valence-electron chi connectivity index (χ0n) is 24.2. The molecule has 2 aliphatic rings. The molecule has 1 unspecified atom stereocenters. The number of alkyl halides is 3. The molecule has 230 valence electrons. The highest BCUT2D eigenvalue weighted by atomic mass is 19.4. The van der Waals surface area contributed by atoms with Crippen LogP contribution in [0, 0.1) is 0 Å². The van der Waals surface area contributed by atoms with E-state index in [2.05, 4.69) is 29.2 Å². The van der Waals surface area contributed by atoms with Gasteiger partial charge in [-0.2, -0.15) is 13.2 Å². The number of carboxylic acids is 1. The summed E-state index contributed by atoms with van der Waals surface area (Å²) in [6.07, 6.45) is -0.227. The summed E-state index contributed by atoms with van der Waals surface area (Å²) in [5.74, 6) is -0.0489. The molecule has 3 aromatic rings. The number of hydrogen-bond acceptors (Lipinski definition) is 5. The molecule has 0 amide bonds. The monoisotopic (exact) mass is 597 g/mol. The van der Waals surface area contributed by atoms with Crippen LogP contribution in [0.3, 0.4) is 0 Å². The van der Waals surface area contributed by atoms with Crippen molar-refractivity contribution in [2.45, 2.75) is 76.2 Å². The lowest BCUT2D eigenvalue weighted by Crippen LogP contribution is -2.50. The van der Waals surface area contributed by atoms with E-state index < -0.39 is 17.7 Å². The number of benzene rings is 3. The van der Waals surface area contributed by atoms with Crippen LogP contribution in [0.2, 0.25) is 0 Å². The van der Waals surface area contributed by atoms with Crippen LogP contribution in [0.4, 0.5) is 13.2 Å². The minimum atomic E-state index is -4.33. The van der Waals surface area contributed by atoms with Crippen molar-refractivity contribution in [3.8, 4) is 5.75 Å². The van der Waals surface area contributed by atoms with Crippen molar-refractivity contribution in [1.82, 2.24) is 4.90 Å². The van der Waals surface area contributed by atoms with E-state index in [1.807, 2.05) is 24.3 Å². The molecule has 0 aromatic heterocycles. The molecule has 6 nitrogen and oxygen atoms in total. The summed E-state index contributed by atoms with van der Waals surface area (Å²) < 4.78 is 56.8. The average molecular weight is 598 g/mol. The maximum atomic E-state index is 12.8. The second-order valence-corrected chi connectivity index (χ2v) is 11.6. The Labute approximate surface area is 250 Å². The molecule has 9 heteroatoms. The standard InChI is InChI=1S/C34H38F3NO5/c35-34(36,37)29-10-5-28(6-11-29)24-42-31-15-20-43-33(21-31)16-18-38(19-17-33)22-26-1-3-27(4-2-26)23-41-30-12-7-25(8-13-30)9-14-32(39)40/h1-8,10-13,31H,9,14-24H2,(H,39,40). The lowest BCUT2D eigenvalue weighted by Gasteiger charge is -2.46. The highest BCUT2D eigenvalue weighted by molar-refractivity contribution is 5.67. The van der Waals surface area contributed by atoms with E-state index >= 15 is 0 Å². The van der Waals surface area contributed by atoms with Gasteiger partial charge in [-0.05, 0) is 72.2 Å². The first-order valence-corrected chi connectivity index (χ1v) is 14.8. The van der Waals surface area contributed by atoms with Crippen molar-refractivity contribution in [3.63, 3.8) is 0 Å². The number of carboxylic acid groups (broad SMARTS) is 1. The Morgan fingerprint density at radius 2 is 1.49 bits per heavy atom. The zero-order chi connectivity index (χ0) is 30.3. The molecule has 2 aliphatic heterocycles. The number of halogens is 3. The van der Waals surface area contributed by atoms with Crippen LogP contribution in [-0.2, 0) is 46.6 Å². The van der Waals surface area contributed by atoms with E-state index in [0.29, 0.717) is 26.2 Å². The molecule has 2 heterocycles. The molecule has 2 fully saturated rings. The molecule has 2 saturated heterocycles. The van der Waals surface area contributed by atoms with Crippen molar-refractivity contribution in [2.24, 2.45) is 0 Å². The fourth-order valence-electron chi connectivity index (χ4n) is 5.77. The summed E-state index contributed by atoms with van der Waals surface area (Å²) in [4.78, 5) is 13.2. The zero-order valence-corrected chi connectivity index (χ0v) is 24.2. The summed E-state index contributed by atoms with van der Waals surface area (Å²) in [5.41, 5.74) is 3.19. The molecule has 0 bridgehead atoms. The first-order chi connectivity index (χ1) is 20.7. The highest BCUT2D eigenvalue weighted by Crippen LogP contribution is 2.37. The Hall–Kier alpha value is -3.40. The maximum absolute atomic E-state index is 12.8. The van der Waals surface area contributed by atoms with Crippen LogP contribution < -0.4 is 4.74 Å². The van der Waals surface area contributed by atoms with Crippen molar-refractivity contribution < 1.29 is 37.3 Å². The van der Waals surface area contributed by atoms with Crippen molar-refractivity contribution in [3.05, 3.63) is 101 Å². The third-order valence-electron chi connectivity index (χ3n) is 8.37. The van der Waals surface area contributed by atoms with Gasteiger partial charge in [0.15, 0.2) is 0 Å². The first-order valence-electron chi connectivity index (χ1n) is 14.8. The third kappa shape index (κ3) is 9.05. The van der Waals surface area contributed by atoms with E-state index in [9.17, 15) is 18.0 Å². The van der Waals surface area contributed by atoms with Crippen LogP contribution in [0.25, 0.3) is 0 Å². The van der Waals surface area contributed by atoms with Gasteiger partial charge >= 0.3 is 12.1 Å². The van der Waals surface area contributed by atoms with Gasteiger partial charge in [-0.25, -0.2) is 0 Å². The predicted molar refractivity (Wildman–Crippen MR) is 156 cm³/mol. The van der Waals surface area contributed by atoms with Crippen LogP contribution in [-0.4, -0.2) is 47.4 Å². The van der Waals surface area contributed by atoms with Gasteiger partial charge in [-0.3, -0.25) is 9.69 Å². The van der Waals surface area contributed by atoms with Crippen LogP contribution >= 0.6 is 0 Å². The van der Waals surface area contributed by atoms with Gasteiger partial charge in [-0.1, -0.05) is 48.5 Å². The van der Waals surface area contributed by atoms with Gasteiger partial charge in [0.1, 0.15) is 12.4 Å². The number of carbonyl (C=O) groups is 1. The lowest BCUT2D eigenvalue weighted by molar-refractivity contribution is -0.158. The Morgan fingerprint density at radius 1 is 0.884 bits per heavy atom. The number of hydrogen-bond donors (Lipinski definition) is 1. The van der Waals surface area contributed by atoms with Crippen LogP contribution in [0.1, 0.15) is 59.9 Å². The third-order valence-corrected chi connectivity index (χ3v) is 8.37. The molecule has 0 aliphatic carbocycles. The van der Waals surface area contributed by atoms with Crippen molar-refractivity contribution in [1.29, 1.82) is 0 Å². The molecule has 3 aromatic carbocycles. The van der Waals surface area contributed by atoms with E-state index in [1.165, 1.54) is 17.7 Å². The van der Waals surface area contributed by atoms with Gasteiger partial charge in [0, 0.05) is 39.1 Å². The second kappa shape index (κ2) is 13.9. The molecule has 0 saturated carbocycles. The average Bonchev–Trinajstić information content (AvgIpc) is 3.00. The molecular weight excluding hydrogens is 559 g/mol. The summed E-state index contributed by atoms with van der Waals surface area (Å²) in [6, 6.07) is 21.2. The Kier molecular flexibility index (Phi) is 10.1. The van der Waals surface area contributed by atoms with Gasteiger partial charge in [0.05, 0.1) is 23.9 Å². The minimum Gasteiger partial charge on any atom is -0.489 e. The minimum absolute atomic E-state index is 0.0345. The quantitative estimate of drug-likeness (QED) is 0.256. The largest absolute Gasteiger partial charge is 0.489 e. The highest BCUT2D eigenvalue weighted by Gasteiger charge is 2.40. The number of rotatable bonds is 11. The van der Waals surface area contributed by atoms with Crippen LogP contribution in [0.5, 0.6) is 5.75 Å². The van der Waals surface area contributed by atoms with Crippen LogP contribution in [0.15, 0.2) is 72.8 Å². The van der Waals surface area contributed by atoms with Crippen molar-refractivity contribution >= 4 is 5.97 Å². The van der Waals surface area contributed by atoms with E-state index in [4.69, 9.17) is 19.3 Å². The first kappa shape index (κ1) is 31.0. The molecule has 5 rings (SSSR count). The fourth-order valence-corrected chi connectivity index (χ4v) is 5.77. The second-order valence-electron chi connectivity index (χ2n) is 11.6. The number of likely N-dealkylation sites (tertiary alicyclic amines) is 1. The number of nitrogens with zero attached hydrogens (tertiary/aromatic N) is 1. The maximum Gasteiger partial charge on any atom is 0.416 e. The lowest BCUT2D eigenvalue weighted by atomic mass is 9.83. The summed E-state index contributed by atoms with van der Waals surface area (Å²) >= 11 is 0. The molecule has 1 N–H and O–H groups in total. The molecular formula is C34H38F3NO5.